The first kappa shape index (κ1) is 14.7. The third-order valence-corrected chi connectivity index (χ3v) is 3.08. The molecule has 0 aliphatic carbocycles. The topological polar surface area (TPSA) is 96.0 Å². The first-order chi connectivity index (χ1) is 9.44. The van der Waals surface area contributed by atoms with Gasteiger partial charge in [0.1, 0.15) is 5.60 Å². The number of carbonyl (C=O) groups is 1. The van der Waals surface area contributed by atoms with Gasteiger partial charge in [-0.3, -0.25) is 0 Å². The van der Waals surface area contributed by atoms with E-state index < -0.39 is 5.60 Å². The lowest BCUT2D eigenvalue weighted by atomic mass is 10.1. The van der Waals surface area contributed by atoms with Crippen LogP contribution < -0.4 is 5.32 Å². The molecule has 0 spiro atoms. The number of nitrogens with one attached hydrogen (secondary N) is 2. The molecule has 0 saturated carbocycles. The number of ether oxygens (including phenoxy) is 1. The quantitative estimate of drug-likeness (QED) is 0.846. The Bertz CT molecular complexity index is 420. The Kier molecular flexibility index (Phi) is 4.53. The number of tetrazole rings is 1. The zero-order valence-electron chi connectivity index (χ0n) is 12.2. The fraction of sp³-hybridized carbons (Fsp3) is 0.833. The van der Waals surface area contributed by atoms with Crippen molar-refractivity contribution in [2.24, 2.45) is 0 Å². The highest BCUT2D eigenvalue weighted by atomic mass is 16.6. The molecular formula is C12H22N6O2. The summed E-state index contributed by atoms with van der Waals surface area (Å²) in [7, 11) is 0. The van der Waals surface area contributed by atoms with Crippen LogP contribution in [0.15, 0.2) is 0 Å². The summed E-state index contributed by atoms with van der Waals surface area (Å²) < 4.78 is 5.37. The van der Waals surface area contributed by atoms with Crippen molar-refractivity contribution in [1.29, 1.82) is 0 Å². The van der Waals surface area contributed by atoms with Crippen molar-refractivity contribution >= 4 is 6.09 Å². The molecule has 1 fully saturated rings. The fourth-order valence-corrected chi connectivity index (χ4v) is 2.09. The third kappa shape index (κ3) is 4.44. The summed E-state index contributed by atoms with van der Waals surface area (Å²) in [5.41, 5.74) is -0.440. The van der Waals surface area contributed by atoms with Crippen LogP contribution in [0.3, 0.4) is 0 Å². The van der Waals surface area contributed by atoms with Crippen molar-refractivity contribution in [1.82, 2.24) is 30.8 Å². The molecule has 0 unspecified atom stereocenters. The van der Waals surface area contributed by atoms with E-state index in [0.717, 1.165) is 12.8 Å². The summed E-state index contributed by atoms with van der Waals surface area (Å²) >= 11 is 0. The lowest BCUT2D eigenvalue weighted by Crippen LogP contribution is -2.46. The molecule has 1 aliphatic heterocycles. The molecule has 2 rings (SSSR count). The average Bonchev–Trinajstić information content (AvgIpc) is 2.88. The fourth-order valence-electron chi connectivity index (χ4n) is 2.09. The highest BCUT2D eigenvalue weighted by Gasteiger charge is 2.26. The first-order valence-corrected chi connectivity index (χ1v) is 6.88. The molecule has 1 aliphatic rings. The zero-order valence-corrected chi connectivity index (χ0v) is 12.2. The number of aromatic nitrogens is 4. The monoisotopic (exact) mass is 282 g/mol. The van der Waals surface area contributed by atoms with E-state index >= 15 is 0 Å². The van der Waals surface area contributed by atoms with Crippen LogP contribution >= 0.6 is 0 Å². The van der Waals surface area contributed by atoms with Gasteiger partial charge in [0.15, 0.2) is 5.82 Å². The molecule has 1 aromatic heterocycles. The second-order valence-electron chi connectivity index (χ2n) is 5.95. The number of H-pyrrole nitrogens is 1. The molecule has 0 atom stereocenters. The van der Waals surface area contributed by atoms with Crippen LogP contribution in [0, 0.1) is 0 Å². The number of aromatic amines is 1. The SMILES string of the molecule is CC(C)(C)OC(=O)N1CCC(NCc2nn[nH]n2)CC1. The maximum atomic E-state index is 11.9. The number of rotatable bonds is 3. The second-order valence-corrected chi connectivity index (χ2v) is 5.95. The summed E-state index contributed by atoms with van der Waals surface area (Å²) in [4.78, 5) is 13.7. The lowest BCUT2D eigenvalue weighted by molar-refractivity contribution is 0.0198. The molecule has 8 nitrogen and oxygen atoms in total. The van der Waals surface area contributed by atoms with E-state index in [-0.39, 0.29) is 6.09 Å². The minimum absolute atomic E-state index is 0.228. The molecule has 1 amide bonds. The number of nitrogens with zero attached hydrogens (tertiary/aromatic N) is 4. The van der Waals surface area contributed by atoms with E-state index in [9.17, 15) is 4.79 Å². The molecule has 2 N–H and O–H groups in total. The first-order valence-electron chi connectivity index (χ1n) is 6.88. The van der Waals surface area contributed by atoms with Crippen LogP contribution in [-0.2, 0) is 11.3 Å². The van der Waals surface area contributed by atoms with Gasteiger partial charge in [-0.2, -0.15) is 5.21 Å². The maximum Gasteiger partial charge on any atom is 0.410 e. The molecular weight excluding hydrogens is 260 g/mol. The van der Waals surface area contributed by atoms with Crippen LogP contribution in [-0.4, -0.2) is 56.3 Å². The Morgan fingerprint density at radius 1 is 1.45 bits per heavy atom. The van der Waals surface area contributed by atoms with E-state index in [1.165, 1.54) is 0 Å². The summed E-state index contributed by atoms with van der Waals surface area (Å²) in [6, 6.07) is 0.368. The van der Waals surface area contributed by atoms with Crippen LogP contribution in [0.5, 0.6) is 0 Å². The Labute approximate surface area is 118 Å². The van der Waals surface area contributed by atoms with E-state index in [1.54, 1.807) is 4.90 Å². The Morgan fingerprint density at radius 3 is 2.70 bits per heavy atom. The minimum atomic E-state index is -0.440. The average molecular weight is 282 g/mol. The molecule has 20 heavy (non-hydrogen) atoms. The predicted molar refractivity (Wildman–Crippen MR) is 71.8 cm³/mol. The summed E-state index contributed by atoms with van der Waals surface area (Å²) in [5.74, 6) is 0.652. The molecule has 0 aromatic carbocycles. The van der Waals surface area contributed by atoms with Crippen LogP contribution in [0.25, 0.3) is 0 Å². The van der Waals surface area contributed by atoms with E-state index in [4.69, 9.17) is 4.74 Å². The molecule has 0 radical (unpaired) electrons. The van der Waals surface area contributed by atoms with E-state index in [0.29, 0.717) is 31.5 Å². The highest BCUT2D eigenvalue weighted by Crippen LogP contribution is 2.15. The van der Waals surface area contributed by atoms with Gasteiger partial charge in [0.25, 0.3) is 0 Å². The van der Waals surface area contributed by atoms with Crippen molar-refractivity contribution in [2.75, 3.05) is 13.1 Å². The molecule has 1 aromatic rings. The molecule has 1 saturated heterocycles. The second kappa shape index (κ2) is 6.17. The van der Waals surface area contributed by atoms with Crippen molar-refractivity contribution in [3.05, 3.63) is 5.82 Å². The Morgan fingerprint density at radius 2 is 2.15 bits per heavy atom. The van der Waals surface area contributed by atoms with Crippen molar-refractivity contribution < 1.29 is 9.53 Å². The molecule has 112 valence electrons. The van der Waals surface area contributed by atoms with Gasteiger partial charge in [-0.25, -0.2) is 4.79 Å². The minimum Gasteiger partial charge on any atom is -0.444 e. The van der Waals surface area contributed by atoms with Crippen LogP contribution in [0.2, 0.25) is 0 Å². The summed E-state index contributed by atoms with van der Waals surface area (Å²) in [5, 5.41) is 17.1. The normalized spacial score (nSPS) is 17.2. The summed E-state index contributed by atoms with van der Waals surface area (Å²) in [6.45, 7) is 7.64. The standard InChI is InChI=1S/C12H22N6O2/c1-12(2,3)20-11(19)18-6-4-9(5-7-18)13-8-10-14-16-17-15-10/h9,13H,4-8H2,1-3H3,(H,14,15,16,17). The van der Waals surface area contributed by atoms with Gasteiger partial charge >= 0.3 is 6.09 Å². The Hall–Kier alpha value is -1.70. The number of hydrogen-bond acceptors (Lipinski definition) is 6. The van der Waals surface area contributed by atoms with Gasteiger partial charge in [0.05, 0.1) is 6.54 Å². The van der Waals surface area contributed by atoms with Gasteiger partial charge in [-0.1, -0.05) is 5.21 Å². The highest BCUT2D eigenvalue weighted by molar-refractivity contribution is 5.68. The Balaban J connectivity index is 1.71. The largest absolute Gasteiger partial charge is 0.444 e. The predicted octanol–water partition coefficient (Wildman–Crippen LogP) is 0.689. The maximum absolute atomic E-state index is 11.9. The molecule has 2 heterocycles. The van der Waals surface area contributed by atoms with Crippen molar-refractivity contribution in [3.8, 4) is 0 Å². The molecule has 8 heteroatoms. The molecule has 0 bridgehead atoms. The van der Waals surface area contributed by atoms with Crippen LogP contribution in [0.4, 0.5) is 4.79 Å². The number of amides is 1. The third-order valence-electron chi connectivity index (χ3n) is 3.08. The van der Waals surface area contributed by atoms with Crippen molar-refractivity contribution in [2.45, 2.75) is 51.8 Å². The van der Waals surface area contributed by atoms with Gasteiger partial charge in [0.2, 0.25) is 0 Å². The number of hydrogen-bond donors (Lipinski definition) is 2. The smallest absolute Gasteiger partial charge is 0.410 e. The zero-order chi connectivity index (χ0) is 14.6. The van der Waals surface area contributed by atoms with Gasteiger partial charge < -0.3 is 15.0 Å². The van der Waals surface area contributed by atoms with Gasteiger partial charge in [-0.15, -0.1) is 10.2 Å². The van der Waals surface area contributed by atoms with E-state index in [2.05, 4.69) is 25.9 Å². The number of carbonyl (C=O) groups excluding carboxylic acids is 1. The lowest BCUT2D eigenvalue weighted by Gasteiger charge is -2.33. The van der Waals surface area contributed by atoms with E-state index in [1.807, 2.05) is 20.8 Å². The van der Waals surface area contributed by atoms with Crippen LogP contribution in [0.1, 0.15) is 39.4 Å². The van der Waals surface area contributed by atoms with Gasteiger partial charge in [0, 0.05) is 19.1 Å². The number of likely N-dealkylation sites (tertiary alicyclic amines) is 1. The van der Waals surface area contributed by atoms with Crippen molar-refractivity contribution in [3.63, 3.8) is 0 Å². The summed E-state index contributed by atoms with van der Waals surface area (Å²) in [6.07, 6.45) is 1.57. The number of piperidine rings is 1. The van der Waals surface area contributed by atoms with Gasteiger partial charge in [-0.05, 0) is 33.6 Å².